The molecule has 202 valence electrons. The number of rotatable bonds is 7. The van der Waals surface area contributed by atoms with E-state index < -0.39 is 18.2 Å². The van der Waals surface area contributed by atoms with Crippen LogP contribution in [0.3, 0.4) is 0 Å². The number of carboxylic acids is 1. The number of hydrogen-bond donors (Lipinski definition) is 1. The zero-order valence-corrected chi connectivity index (χ0v) is 21.0. The number of carbonyl (C=O) groups is 2. The van der Waals surface area contributed by atoms with Crippen LogP contribution in [0.4, 0.5) is 13.2 Å². The molecule has 2 unspecified atom stereocenters. The fraction of sp³-hybridized carbons (Fsp3) is 0.462. The molecule has 1 spiro atoms. The van der Waals surface area contributed by atoms with Crippen molar-refractivity contribution in [2.45, 2.75) is 37.3 Å². The van der Waals surface area contributed by atoms with Crippen LogP contribution in [0.1, 0.15) is 23.1 Å². The number of fused-ring (bicyclic) bond motifs is 2. The summed E-state index contributed by atoms with van der Waals surface area (Å²) < 4.78 is 48.4. The summed E-state index contributed by atoms with van der Waals surface area (Å²) in [6.45, 7) is 3.21. The molecular formula is C26H31F3N2O6. The number of carboxylic acid groups (broad SMARTS) is 1. The summed E-state index contributed by atoms with van der Waals surface area (Å²) in [6.07, 6.45) is -4.87. The van der Waals surface area contributed by atoms with Gasteiger partial charge in [-0.1, -0.05) is 36.4 Å². The maximum atomic E-state index is 13.0. The van der Waals surface area contributed by atoms with Crippen molar-refractivity contribution in [2.75, 3.05) is 41.0 Å². The third kappa shape index (κ3) is 6.60. The van der Waals surface area contributed by atoms with Crippen molar-refractivity contribution in [3.8, 4) is 5.75 Å². The summed E-state index contributed by atoms with van der Waals surface area (Å²) in [5, 5.41) is 7.12. The van der Waals surface area contributed by atoms with Gasteiger partial charge in [-0.05, 0) is 28.8 Å². The van der Waals surface area contributed by atoms with Crippen LogP contribution in [0, 0.1) is 0 Å². The van der Waals surface area contributed by atoms with Crippen molar-refractivity contribution < 1.29 is 42.1 Å². The Morgan fingerprint density at radius 1 is 1.19 bits per heavy atom. The lowest BCUT2D eigenvalue weighted by atomic mass is 9.86. The first-order chi connectivity index (χ1) is 17.5. The molecule has 8 nitrogen and oxygen atoms in total. The number of benzene rings is 2. The van der Waals surface area contributed by atoms with Gasteiger partial charge in [0.2, 0.25) is 0 Å². The second-order valence-corrected chi connectivity index (χ2v) is 8.96. The maximum Gasteiger partial charge on any atom is 0.490 e. The monoisotopic (exact) mass is 524 g/mol. The fourth-order valence-corrected chi connectivity index (χ4v) is 4.65. The minimum atomic E-state index is -5.08. The summed E-state index contributed by atoms with van der Waals surface area (Å²) in [5.41, 5.74) is 3.49. The van der Waals surface area contributed by atoms with Crippen LogP contribution < -0.4 is 4.74 Å². The van der Waals surface area contributed by atoms with Crippen LogP contribution in [0.25, 0.3) is 0 Å². The molecule has 37 heavy (non-hydrogen) atoms. The lowest BCUT2D eigenvalue weighted by Crippen LogP contribution is -2.43. The van der Waals surface area contributed by atoms with Gasteiger partial charge in [0.25, 0.3) is 5.91 Å². The summed E-state index contributed by atoms with van der Waals surface area (Å²) in [6, 6.07) is 16.7. The van der Waals surface area contributed by atoms with Gasteiger partial charge in [0.05, 0.1) is 25.9 Å². The van der Waals surface area contributed by atoms with E-state index >= 15 is 0 Å². The van der Waals surface area contributed by atoms with Crippen LogP contribution >= 0.6 is 0 Å². The molecule has 2 aromatic carbocycles. The van der Waals surface area contributed by atoms with Crippen LogP contribution in [-0.4, -0.2) is 80.1 Å². The molecule has 1 saturated heterocycles. The first-order valence-corrected chi connectivity index (χ1v) is 11.6. The number of ether oxygens (including phenoxy) is 3. The summed E-state index contributed by atoms with van der Waals surface area (Å²) in [4.78, 5) is 26.0. The lowest BCUT2D eigenvalue weighted by molar-refractivity contribution is -0.192. The topological polar surface area (TPSA) is 88.5 Å². The van der Waals surface area contributed by atoms with E-state index in [1.54, 1.807) is 19.1 Å². The van der Waals surface area contributed by atoms with E-state index in [0.29, 0.717) is 26.2 Å². The van der Waals surface area contributed by atoms with Crippen LogP contribution in [0.2, 0.25) is 0 Å². The van der Waals surface area contributed by atoms with Gasteiger partial charge < -0.3 is 24.2 Å². The number of likely N-dealkylation sites (N-methyl/N-ethyl adjacent to an activating group) is 1. The van der Waals surface area contributed by atoms with E-state index in [-0.39, 0.29) is 11.4 Å². The predicted octanol–water partition coefficient (Wildman–Crippen LogP) is 3.43. The van der Waals surface area contributed by atoms with Gasteiger partial charge in [0.1, 0.15) is 11.9 Å². The van der Waals surface area contributed by atoms with Crippen molar-refractivity contribution >= 4 is 11.9 Å². The number of hydrogen-bond acceptors (Lipinski definition) is 6. The Bertz CT molecular complexity index is 1100. The highest BCUT2D eigenvalue weighted by Gasteiger charge is 2.52. The van der Waals surface area contributed by atoms with Crippen molar-refractivity contribution in [3.63, 3.8) is 0 Å². The second-order valence-electron chi connectivity index (χ2n) is 8.96. The van der Waals surface area contributed by atoms with Gasteiger partial charge in [0, 0.05) is 40.2 Å². The Balaban J connectivity index is 0.000000479. The van der Waals surface area contributed by atoms with Gasteiger partial charge in [-0.15, -0.1) is 0 Å². The van der Waals surface area contributed by atoms with Gasteiger partial charge in [-0.3, -0.25) is 9.69 Å². The maximum absolute atomic E-state index is 13.0. The molecule has 2 heterocycles. The second kappa shape index (κ2) is 11.9. The smallest absolute Gasteiger partial charge is 0.490 e. The van der Waals surface area contributed by atoms with E-state index in [1.165, 1.54) is 16.7 Å². The number of amides is 1. The fourth-order valence-electron chi connectivity index (χ4n) is 4.65. The minimum absolute atomic E-state index is 0.0228. The molecule has 2 aromatic rings. The summed E-state index contributed by atoms with van der Waals surface area (Å²) >= 11 is 0. The normalized spacial score (nSPS) is 20.8. The average molecular weight is 525 g/mol. The number of alkyl halides is 3. The number of nitrogens with zero attached hydrogens (tertiary/aromatic N) is 2. The zero-order chi connectivity index (χ0) is 27.2. The summed E-state index contributed by atoms with van der Waals surface area (Å²) in [7, 11) is 5.14. The van der Waals surface area contributed by atoms with Crippen molar-refractivity contribution in [3.05, 3.63) is 65.2 Å². The van der Waals surface area contributed by atoms with Gasteiger partial charge in [-0.25, -0.2) is 4.79 Å². The molecule has 2 aliphatic rings. The number of aliphatic carboxylic acids is 1. The molecule has 2 aliphatic heterocycles. The van der Waals surface area contributed by atoms with Crippen LogP contribution in [0.5, 0.6) is 5.75 Å². The quantitative estimate of drug-likeness (QED) is 0.594. The first kappa shape index (κ1) is 28.4. The average Bonchev–Trinajstić information content (AvgIpc) is 3.45. The molecule has 4 rings (SSSR count). The third-order valence-corrected chi connectivity index (χ3v) is 6.56. The van der Waals surface area contributed by atoms with Gasteiger partial charge in [-0.2, -0.15) is 13.2 Å². The van der Waals surface area contributed by atoms with Crippen molar-refractivity contribution in [2.24, 2.45) is 0 Å². The molecule has 1 amide bonds. The number of halogens is 3. The largest absolute Gasteiger partial charge is 0.497 e. The summed E-state index contributed by atoms with van der Waals surface area (Å²) in [5.74, 6) is -1.88. The Morgan fingerprint density at radius 2 is 1.89 bits per heavy atom. The zero-order valence-electron chi connectivity index (χ0n) is 21.0. The van der Waals surface area contributed by atoms with Crippen molar-refractivity contribution in [1.82, 2.24) is 9.80 Å². The Kier molecular flexibility index (Phi) is 9.16. The SMILES string of the molecule is COCCN(C)C(=O)C1CC2(CO1)c1ccccc1CN2Cc1cccc(OC)c1.O=C(O)C(F)(F)F. The molecule has 11 heteroatoms. The highest BCUT2D eigenvalue weighted by molar-refractivity contribution is 5.81. The van der Waals surface area contributed by atoms with Gasteiger partial charge >= 0.3 is 12.1 Å². The van der Waals surface area contributed by atoms with E-state index in [9.17, 15) is 18.0 Å². The van der Waals surface area contributed by atoms with E-state index in [4.69, 9.17) is 24.1 Å². The van der Waals surface area contributed by atoms with Crippen molar-refractivity contribution in [1.29, 1.82) is 0 Å². The highest BCUT2D eigenvalue weighted by Crippen LogP contribution is 2.47. The molecule has 0 bridgehead atoms. The minimum Gasteiger partial charge on any atom is -0.497 e. The number of carbonyl (C=O) groups excluding carboxylic acids is 1. The van der Waals surface area contributed by atoms with E-state index in [2.05, 4.69) is 41.3 Å². The molecule has 0 aliphatic carbocycles. The Hall–Kier alpha value is -3.15. The Labute approximate surface area is 213 Å². The number of methoxy groups -OCH3 is 2. The van der Waals surface area contributed by atoms with Crippen LogP contribution in [-0.2, 0) is 37.7 Å². The molecule has 0 saturated carbocycles. The van der Waals surface area contributed by atoms with Crippen LogP contribution in [0.15, 0.2) is 48.5 Å². The third-order valence-electron chi connectivity index (χ3n) is 6.56. The lowest BCUT2D eigenvalue weighted by Gasteiger charge is -2.35. The molecular weight excluding hydrogens is 493 g/mol. The molecule has 0 radical (unpaired) electrons. The first-order valence-electron chi connectivity index (χ1n) is 11.6. The van der Waals surface area contributed by atoms with E-state index in [1.807, 2.05) is 19.2 Å². The standard InChI is InChI=1S/C24H30N2O4.C2HF3O2/c1-25(11-12-28-2)23(27)22-14-24(17-30-22)21-10-5-4-8-19(21)16-26(24)15-18-7-6-9-20(13-18)29-3;3-2(4,5)1(6)7/h4-10,13,22H,11-12,14-17H2,1-3H3;(H,6,7). The molecule has 1 N–H and O–H groups in total. The molecule has 0 aromatic heterocycles. The molecule has 1 fully saturated rings. The van der Waals surface area contributed by atoms with E-state index in [0.717, 1.165) is 18.8 Å². The van der Waals surface area contributed by atoms with Gasteiger partial charge in [0.15, 0.2) is 0 Å². The Morgan fingerprint density at radius 3 is 2.54 bits per heavy atom. The molecule has 2 atom stereocenters. The highest BCUT2D eigenvalue weighted by atomic mass is 19.4. The predicted molar refractivity (Wildman–Crippen MR) is 128 cm³/mol.